The molecule has 0 rings (SSSR count). The van der Waals surface area contributed by atoms with Gasteiger partial charge in [-0.3, -0.25) is 18.3 Å². The van der Waals surface area contributed by atoms with E-state index in [2.05, 4.69) is 0 Å². The summed E-state index contributed by atoms with van der Waals surface area (Å²) >= 11 is 0. The van der Waals surface area contributed by atoms with E-state index in [-0.39, 0.29) is 131 Å². The first-order valence-electron chi connectivity index (χ1n) is 8.88. The Bertz CT molecular complexity index is 641. The molecule has 0 spiro atoms. The number of hydrogen-bond donors (Lipinski definition) is 10. The van der Waals surface area contributed by atoms with Gasteiger partial charge in [0.2, 0.25) is 0 Å². The molecule has 0 amide bonds. The van der Waals surface area contributed by atoms with Gasteiger partial charge in [-0.05, 0) is 25.7 Å². The van der Waals surface area contributed by atoms with Gasteiger partial charge in [-0.15, -0.1) is 0 Å². The average Bonchev–Trinajstić information content (AvgIpc) is 2.51. The van der Waals surface area contributed by atoms with Gasteiger partial charge in [0.05, 0.1) is 0 Å². The van der Waals surface area contributed by atoms with Crippen molar-refractivity contribution in [2.45, 2.75) is 74.4 Å². The predicted octanol–water partition coefficient (Wildman–Crippen LogP) is -1.70. The molecule has 0 aromatic carbocycles. The van der Waals surface area contributed by atoms with Crippen LogP contribution in [0.25, 0.3) is 0 Å². The second-order valence-corrected chi connectivity index (χ2v) is 15.1. The third-order valence-corrected chi connectivity index (χ3v) is 12.4. The first-order chi connectivity index (χ1) is 13.2. The molecule has 0 aliphatic carbocycles. The van der Waals surface area contributed by atoms with Gasteiger partial charge in [0.25, 0.3) is 10.2 Å². The molecule has 14 nitrogen and oxygen atoms in total. The van der Waals surface area contributed by atoms with Gasteiger partial charge in [-0.25, -0.2) is 0 Å². The topological polar surface area (TPSA) is 271 Å². The summed E-state index contributed by atoms with van der Waals surface area (Å²) in [5, 5.41) is 12.6. The van der Waals surface area contributed by atoms with E-state index in [1.807, 2.05) is 0 Å². The van der Waals surface area contributed by atoms with Crippen LogP contribution in [0.1, 0.15) is 64.2 Å². The second-order valence-electron chi connectivity index (χ2n) is 7.05. The molecule has 0 aromatic rings. The average molecular weight is 618 g/mol. The van der Waals surface area contributed by atoms with Gasteiger partial charge >= 0.3 is 149 Å². The van der Waals surface area contributed by atoms with Crippen LogP contribution in [0.15, 0.2) is 0 Å². The molecule has 0 aliphatic heterocycles. The van der Waals surface area contributed by atoms with Crippen LogP contribution < -0.4 is 0 Å². The summed E-state index contributed by atoms with van der Waals surface area (Å²) in [6, 6.07) is 0. The van der Waals surface area contributed by atoms with Crippen LogP contribution in [0.2, 0.25) is 0 Å². The molecule has 0 heterocycles. The zero-order valence-electron chi connectivity index (χ0n) is 16.0. The van der Waals surface area contributed by atoms with Gasteiger partial charge in [0.15, 0.2) is 0 Å². The number of rotatable bonds is 15. The fraction of sp³-hybridized carbons (Fsp3) is 1.00. The van der Waals surface area contributed by atoms with Crippen molar-refractivity contribution < 1.29 is 67.6 Å². The number of hydrogen-bond acceptors (Lipinski definition) is 6. The molecule has 0 atom stereocenters. The van der Waals surface area contributed by atoms with Crippen molar-refractivity contribution in [3.63, 3.8) is 0 Å². The molecule has 34 heavy (non-hydrogen) atoms. The predicted molar refractivity (Wildman–Crippen MR) is 133 cm³/mol. The number of unbranched alkanes of at least 4 members (excludes halogenated alkanes) is 7. The van der Waals surface area contributed by atoms with Crippen molar-refractivity contribution in [3.05, 3.63) is 0 Å². The summed E-state index contributed by atoms with van der Waals surface area (Å²) in [5.74, 6) is 0. The molecule has 10 N–H and O–H groups in total. The maximum atomic E-state index is 11.2. The normalized spacial score (nSPS) is 13.1. The first-order valence-corrected chi connectivity index (χ1v) is 15.3. The monoisotopic (exact) mass is 618 g/mol. The Kier molecular flexibility index (Phi) is 27.8. The molecular formula is C12H34Na4O14P4. The Hall–Kier alpha value is 4.52. The molecule has 0 bridgehead atoms. The van der Waals surface area contributed by atoms with Crippen LogP contribution in [0, 0.1) is 0 Å². The third kappa shape index (κ3) is 14.9. The number of aliphatic hydroxyl groups is 2. The zero-order valence-corrected chi connectivity index (χ0v) is 19.5. The molecular weight excluding hydrogens is 584 g/mol. The Balaban J connectivity index is -0.000000701. The van der Waals surface area contributed by atoms with Crippen molar-refractivity contribution in [2.75, 3.05) is 0 Å². The van der Waals surface area contributed by atoms with Crippen LogP contribution in [0.5, 0.6) is 0 Å². The van der Waals surface area contributed by atoms with E-state index < -0.39 is 53.4 Å². The summed E-state index contributed by atoms with van der Waals surface area (Å²) in [4.78, 5) is 72.1. The van der Waals surface area contributed by atoms with E-state index in [4.69, 9.17) is 39.1 Å². The minimum absolute atomic E-state index is 0. The van der Waals surface area contributed by atoms with E-state index >= 15 is 0 Å². The van der Waals surface area contributed by atoms with Gasteiger partial charge in [-0.2, -0.15) is 0 Å². The standard InChI is InChI=1S/C12H30O14P4.4Na.4H/c13-11(27(15,16)17,28(18,19)20)9-7-5-3-1-2-4-6-8-10-12(14,29(21,22)23)30(24,25)26;;;;;;;;/h13-14H,1-10H2,(H2,15,16,17)(H2,18,19,20)(H2,21,22,23)(H2,24,25,26);;;;;;;;. The van der Waals surface area contributed by atoms with Gasteiger partial charge < -0.3 is 49.4 Å². The Morgan fingerprint density at radius 2 is 0.529 bits per heavy atom. The Morgan fingerprint density at radius 1 is 0.382 bits per heavy atom. The maximum absolute atomic E-state index is 11.2. The van der Waals surface area contributed by atoms with Crippen molar-refractivity contribution in [3.8, 4) is 0 Å². The van der Waals surface area contributed by atoms with Crippen LogP contribution in [-0.2, 0) is 18.3 Å². The van der Waals surface area contributed by atoms with Crippen LogP contribution in [0.3, 0.4) is 0 Å². The van der Waals surface area contributed by atoms with Crippen LogP contribution in [0.4, 0.5) is 0 Å². The van der Waals surface area contributed by atoms with E-state index in [9.17, 15) is 28.5 Å². The fourth-order valence-electron chi connectivity index (χ4n) is 2.71. The van der Waals surface area contributed by atoms with Crippen molar-refractivity contribution in [1.29, 1.82) is 0 Å². The van der Waals surface area contributed by atoms with Gasteiger partial charge in [-0.1, -0.05) is 38.5 Å². The molecule has 0 unspecified atom stereocenters. The van der Waals surface area contributed by atoms with Crippen molar-refractivity contribution in [1.82, 2.24) is 0 Å². The summed E-state index contributed by atoms with van der Waals surface area (Å²) < 4.78 is 44.8. The van der Waals surface area contributed by atoms with Crippen molar-refractivity contribution in [2.24, 2.45) is 0 Å². The summed E-state index contributed by atoms with van der Waals surface area (Å²) in [5.41, 5.74) is 0. The molecule has 0 saturated carbocycles. The van der Waals surface area contributed by atoms with Gasteiger partial charge in [0, 0.05) is 0 Å². The van der Waals surface area contributed by atoms with E-state index in [0.717, 1.165) is 0 Å². The van der Waals surface area contributed by atoms with Crippen molar-refractivity contribution >= 4 is 149 Å². The molecule has 190 valence electrons. The van der Waals surface area contributed by atoms with E-state index in [1.165, 1.54) is 0 Å². The zero-order chi connectivity index (χ0) is 24.1. The quantitative estimate of drug-likeness (QED) is 0.0557. The second kappa shape index (κ2) is 19.6. The molecule has 0 radical (unpaired) electrons. The molecule has 0 aliphatic rings. The van der Waals surface area contributed by atoms with Crippen LogP contribution in [-0.4, -0.2) is 178 Å². The molecule has 0 saturated heterocycles. The Morgan fingerprint density at radius 3 is 0.676 bits per heavy atom. The van der Waals surface area contributed by atoms with Crippen LogP contribution >= 0.6 is 30.4 Å². The van der Waals surface area contributed by atoms with E-state index in [1.54, 1.807) is 0 Å². The Labute approximate surface area is 286 Å². The molecule has 22 heteroatoms. The first kappa shape index (κ1) is 48.3. The molecule has 0 aromatic heterocycles. The molecule has 0 fully saturated rings. The third-order valence-electron chi connectivity index (χ3n) is 4.64. The summed E-state index contributed by atoms with van der Waals surface area (Å²) in [6.07, 6.45) is 1.15. The van der Waals surface area contributed by atoms with Gasteiger partial charge in [0.1, 0.15) is 0 Å². The van der Waals surface area contributed by atoms with E-state index in [0.29, 0.717) is 38.5 Å². The SMILES string of the molecule is O=P(O)(O)C(O)(CCCCCCCCCCC(O)(P(=O)(O)O)P(=O)(O)O)P(=O)(O)O.[NaH].[NaH].[NaH].[NaH]. The summed E-state index contributed by atoms with van der Waals surface area (Å²) in [7, 11) is -21.8. The summed E-state index contributed by atoms with van der Waals surface area (Å²) in [6.45, 7) is 0. The minimum atomic E-state index is -5.46. The fourth-order valence-corrected chi connectivity index (χ4v) is 7.22.